The first kappa shape index (κ1) is 13.7. The topological polar surface area (TPSA) is 44.1 Å². The zero-order valence-electron chi connectivity index (χ0n) is 11.6. The van der Waals surface area contributed by atoms with E-state index in [0.717, 1.165) is 22.0 Å². The van der Waals surface area contributed by atoms with Gasteiger partial charge in [0.05, 0.1) is 11.8 Å². The second kappa shape index (κ2) is 5.63. The molecule has 4 heteroatoms. The molecule has 0 aliphatic carbocycles. The van der Waals surface area contributed by atoms with Gasteiger partial charge in [-0.1, -0.05) is 55.1 Å². The molecule has 1 aliphatic rings. The lowest BCUT2D eigenvalue weighted by molar-refractivity contribution is 0.265. The third-order valence-corrected chi connectivity index (χ3v) is 4.26. The molecular weight excluding hydrogens is 280 g/mol. The molecule has 1 unspecified atom stereocenters. The van der Waals surface area contributed by atoms with E-state index >= 15 is 0 Å². The standard InChI is InChI=1S/C17H14N2OS/c1-2-21-17(20)19-13(11-18)8-9-15-14-6-4-3-5-12(14)7-10-16(15)19/h3-10,13H,2H2,1H3. The van der Waals surface area contributed by atoms with Crippen LogP contribution in [0.15, 0.2) is 42.5 Å². The Morgan fingerprint density at radius 2 is 2.14 bits per heavy atom. The second-order valence-corrected chi connectivity index (χ2v) is 5.94. The largest absolute Gasteiger partial charge is 0.287 e. The van der Waals surface area contributed by atoms with Crippen molar-refractivity contribution in [2.24, 2.45) is 0 Å². The Labute approximate surface area is 127 Å². The van der Waals surface area contributed by atoms with Crippen molar-refractivity contribution in [2.75, 3.05) is 10.7 Å². The number of rotatable bonds is 1. The highest BCUT2D eigenvalue weighted by atomic mass is 32.2. The number of carbonyl (C=O) groups excluding carboxylic acids is 1. The number of benzene rings is 2. The average molecular weight is 294 g/mol. The molecule has 104 valence electrons. The molecule has 0 aromatic heterocycles. The third-order valence-electron chi connectivity index (χ3n) is 3.53. The van der Waals surface area contributed by atoms with E-state index < -0.39 is 6.04 Å². The Morgan fingerprint density at radius 3 is 2.90 bits per heavy atom. The highest BCUT2D eigenvalue weighted by Gasteiger charge is 2.28. The van der Waals surface area contributed by atoms with E-state index in [2.05, 4.69) is 6.07 Å². The number of thioether (sulfide) groups is 1. The van der Waals surface area contributed by atoms with Crippen molar-refractivity contribution >= 4 is 39.5 Å². The number of nitrogens with zero attached hydrogens (tertiary/aromatic N) is 2. The first-order valence-electron chi connectivity index (χ1n) is 6.82. The van der Waals surface area contributed by atoms with Crippen molar-refractivity contribution in [2.45, 2.75) is 13.0 Å². The third kappa shape index (κ3) is 2.30. The van der Waals surface area contributed by atoms with Crippen molar-refractivity contribution < 1.29 is 4.79 Å². The van der Waals surface area contributed by atoms with Crippen LogP contribution < -0.4 is 4.90 Å². The maximum atomic E-state index is 12.4. The van der Waals surface area contributed by atoms with E-state index in [1.807, 2.05) is 49.4 Å². The summed E-state index contributed by atoms with van der Waals surface area (Å²) >= 11 is 1.23. The smallest absolute Gasteiger partial charge is 0.283 e. The van der Waals surface area contributed by atoms with Gasteiger partial charge in [-0.2, -0.15) is 5.26 Å². The number of hydrogen-bond acceptors (Lipinski definition) is 3. The maximum Gasteiger partial charge on any atom is 0.287 e. The van der Waals surface area contributed by atoms with Gasteiger partial charge in [-0.15, -0.1) is 0 Å². The monoisotopic (exact) mass is 294 g/mol. The van der Waals surface area contributed by atoms with Crippen molar-refractivity contribution in [3.63, 3.8) is 0 Å². The molecule has 3 nitrogen and oxygen atoms in total. The van der Waals surface area contributed by atoms with Gasteiger partial charge in [0.1, 0.15) is 6.04 Å². The van der Waals surface area contributed by atoms with Crippen molar-refractivity contribution in [3.8, 4) is 6.07 Å². The lowest BCUT2D eigenvalue weighted by atomic mass is 9.97. The molecule has 0 bridgehead atoms. The molecule has 0 spiro atoms. The molecule has 0 radical (unpaired) electrons. The fourth-order valence-electron chi connectivity index (χ4n) is 2.60. The minimum absolute atomic E-state index is 0.0788. The fourth-order valence-corrected chi connectivity index (χ4v) is 3.20. The van der Waals surface area contributed by atoms with Gasteiger partial charge < -0.3 is 0 Å². The number of nitriles is 1. The summed E-state index contributed by atoms with van der Waals surface area (Å²) in [7, 11) is 0. The van der Waals surface area contributed by atoms with Gasteiger partial charge in [-0.25, -0.2) is 0 Å². The van der Waals surface area contributed by atoms with Gasteiger partial charge in [0.15, 0.2) is 0 Å². The molecule has 21 heavy (non-hydrogen) atoms. The van der Waals surface area contributed by atoms with Crippen LogP contribution in [0.5, 0.6) is 0 Å². The predicted molar refractivity (Wildman–Crippen MR) is 88.4 cm³/mol. The van der Waals surface area contributed by atoms with Crippen molar-refractivity contribution in [1.82, 2.24) is 0 Å². The quantitative estimate of drug-likeness (QED) is 0.781. The number of fused-ring (bicyclic) bond motifs is 3. The van der Waals surface area contributed by atoms with E-state index in [1.54, 1.807) is 11.0 Å². The SMILES string of the molecule is CCSC(=O)N1c2ccc3ccccc3c2C=CC1C#N. The second-order valence-electron chi connectivity index (χ2n) is 4.72. The molecule has 0 saturated carbocycles. The number of carbonyl (C=O) groups is 1. The highest BCUT2D eigenvalue weighted by molar-refractivity contribution is 8.13. The molecule has 1 amide bonds. The average Bonchev–Trinajstić information content (AvgIpc) is 2.53. The summed E-state index contributed by atoms with van der Waals surface area (Å²) in [5.74, 6) is 0.695. The van der Waals surface area contributed by atoms with Gasteiger partial charge in [-0.05, 0) is 28.7 Å². The fraction of sp³-hybridized carbons (Fsp3) is 0.176. The maximum absolute atomic E-state index is 12.4. The van der Waals surface area contributed by atoms with Crippen LogP contribution in [-0.4, -0.2) is 17.0 Å². The zero-order valence-corrected chi connectivity index (χ0v) is 12.4. The highest BCUT2D eigenvalue weighted by Crippen LogP contribution is 2.36. The molecule has 0 fully saturated rings. The van der Waals surface area contributed by atoms with Crippen LogP contribution in [0.4, 0.5) is 10.5 Å². The Bertz CT molecular complexity index is 776. The molecule has 0 saturated heterocycles. The first-order valence-corrected chi connectivity index (χ1v) is 7.80. The molecular formula is C17H14N2OS. The van der Waals surface area contributed by atoms with E-state index in [0.29, 0.717) is 5.75 Å². The molecule has 1 aliphatic heterocycles. The van der Waals surface area contributed by atoms with E-state index in [9.17, 15) is 10.1 Å². The summed E-state index contributed by atoms with van der Waals surface area (Å²) < 4.78 is 0. The van der Waals surface area contributed by atoms with E-state index in [1.165, 1.54) is 11.8 Å². The Hall–Kier alpha value is -2.25. The summed E-state index contributed by atoms with van der Waals surface area (Å²) in [6, 6.07) is 13.7. The summed E-state index contributed by atoms with van der Waals surface area (Å²) in [5.41, 5.74) is 1.82. The minimum Gasteiger partial charge on any atom is -0.283 e. The van der Waals surface area contributed by atoms with Gasteiger partial charge >= 0.3 is 0 Å². The van der Waals surface area contributed by atoms with Crippen LogP contribution in [0, 0.1) is 11.3 Å². The summed E-state index contributed by atoms with van der Waals surface area (Å²) in [6.07, 6.45) is 3.74. The molecule has 1 heterocycles. The van der Waals surface area contributed by atoms with Gasteiger partial charge in [0, 0.05) is 5.56 Å². The lowest BCUT2D eigenvalue weighted by Crippen LogP contribution is -2.38. The van der Waals surface area contributed by atoms with Gasteiger partial charge in [0.2, 0.25) is 0 Å². The zero-order chi connectivity index (χ0) is 14.8. The first-order chi connectivity index (χ1) is 10.3. The molecule has 1 atom stereocenters. The number of hydrogen-bond donors (Lipinski definition) is 0. The van der Waals surface area contributed by atoms with Gasteiger partial charge in [-0.3, -0.25) is 9.69 Å². The van der Waals surface area contributed by atoms with E-state index in [-0.39, 0.29) is 5.24 Å². The lowest BCUT2D eigenvalue weighted by Gasteiger charge is -2.30. The van der Waals surface area contributed by atoms with Crippen LogP contribution in [0.1, 0.15) is 12.5 Å². The van der Waals surface area contributed by atoms with Crippen LogP contribution >= 0.6 is 11.8 Å². The van der Waals surface area contributed by atoms with Crippen molar-refractivity contribution in [3.05, 3.63) is 48.0 Å². The summed E-state index contributed by atoms with van der Waals surface area (Å²) in [6.45, 7) is 1.94. The predicted octanol–water partition coefficient (Wildman–Crippen LogP) is 4.44. The minimum atomic E-state index is -0.537. The van der Waals surface area contributed by atoms with Gasteiger partial charge in [0.25, 0.3) is 5.24 Å². The van der Waals surface area contributed by atoms with Crippen LogP contribution in [0.3, 0.4) is 0 Å². The Morgan fingerprint density at radius 1 is 1.33 bits per heavy atom. The van der Waals surface area contributed by atoms with Crippen LogP contribution in [0.2, 0.25) is 0 Å². The molecule has 2 aromatic rings. The Balaban J connectivity index is 2.19. The molecule has 3 rings (SSSR count). The number of anilines is 1. The Kier molecular flexibility index (Phi) is 3.68. The van der Waals surface area contributed by atoms with Crippen LogP contribution in [-0.2, 0) is 0 Å². The summed E-state index contributed by atoms with van der Waals surface area (Å²) in [4.78, 5) is 14.0. The van der Waals surface area contributed by atoms with E-state index in [4.69, 9.17) is 0 Å². The summed E-state index contributed by atoms with van der Waals surface area (Å²) in [5, 5.41) is 11.5. The van der Waals surface area contributed by atoms with Crippen molar-refractivity contribution in [1.29, 1.82) is 5.26 Å². The van der Waals surface area contributed by atoms with Crippen LogP contribution in [0.25, 0.3) is 16.8 Å². The molecule has 2 aromatic carbocycles. The normalized spacial score (nSPS) is 16.6. The number of amides is 1. The molecule has 0 N–H and O–H groups in total.